The number of carboxylic acids is 1. The monoisotopic (exact) mass is 612 g/mol. The number of benzene rings is 3. The van der Waals surface area contributed by atoms with Crippen LogP contribution >= 0.6 is 12.2 Å². The Morgan fingerprint density at radius 3 is 2.57 bits per heavy atom. The third-order valence-electron chi connectivity index (χ3n) is 7.34. The van der Waals surface area contributed by atoms with Crippen molar-refractivity contribution < 1.29 is 19.1 Å². The summed E-state index contributed by atoms with van der Waals surface area (Å²) in [5.74, 6) is -1.60. The van der Waals surface area contributed by atoms with Gasteiger partial charge >= 0.3 is 5.97 Å². The van der Waals surface area contributed by atoms with E-state index in [2.05, 4.69) is 21.7 Å². The van der Waals surface area contributed by atoms with Gasteiger partial charge in [-0.1, -0.05) is 38.5 Å². The van der Waals surface area contributed by atoms with Gasteiger partial charge in [-0.05, 0) is 78.3 Å². The number of aromatic nitrogens is 2. The molecule has 0 bridgehead atoms. The summed E-state index contributed by atoms with van der Waals surface area (Å²) in [6.45, 7) is 4.65. The number of nitrogens with zero attached hydrogens (tertiary/aromatic N) is 4. The Bertz CT molecular complexity index is 1670. The number of carboxylic acid groups (broad SMARTS) is 1. The molecule has 3 aromatic carbocycles. The minimum atomic E-state index is -1.04. The lowest BCUT2D eigenvalue weighted by Crippen LogP contribution is -2.50. The largest absolute Gasteiger partial charge is 0.478 e. The summed E-state index contributed by atoms with van der Waals surface area (Å²) >= 11 is 5.75. The summed E-state index contributed by atoms with van der Waals surface area (Å²) in [6, 6.07) is 21.3. The number of rotatable bonds is 12. The third kappa shape index (κ3) is 8.49. The van der Waals surface area contributed by atoms with Crippen LogP contribution < -0.4 is 10.6 Å². The summed E-state index contributed by atoms with van der Waals surface area (Å²) < 4.78 is 15.7. The number of halogens is 1. The molecular weight excluding hydrogens is 579 g/mol. The first kappa shape index (κ1) is 31.8. The second kappa shape index (κ2) is 14.9. The summed E-state index contributed by atoms with van der Waals surface area (Å²) in [5, 5.41) is 25.2. The number of hydrogen-bond acceptors (Lipinski definition) is 5. The van der Waals surface area contributed by atoms with E-state index in [9.17, 15) is 19.1 Å². The van der Waals surface area contributed by atoms with Crippen molar-refractivity contribution in [2.24, 2.45) is 5.92 Å². The van der Waals surface area contributed by atoms with Crippen molar-refractivity contribution >= 4 is 34.9 Å². The van der Waals surface area contributed by atoms with Crippen LogP contribution in [0.4, 0.5) is 10.1 Å². The van der Waals surface area contributed by atoms with Crippen molar-refractivity contribution in [1.82, 2.24) is 19.8 Å². The molecule has 0 aliphatic carbocycles. The van der Waals surface area contributed by atoms with Gasteiger partial charge in [-0.15, -0.1) is 0 Å². The molecule has 0 fully saturated rings. The Morgan fingerprint density at radius 2 is 1.89 bits per heavy atom. The number of carbonyl (C=O) groups excluding carboxylic acids is 1. The van der Waals surface area contributed by atoms with E-state index in [0.29, 0.717) is 34.2 Å². The molecule has 0 aliphatic rings. The SMILES string of the molecule is CCC(C)C(CN(Cc1cccc(C(=O)O)c1)C(=S)Nc1cccc(F)c1)NC(=O)Cc1cncn1-c1ccc(C#N)cc1. The van der Waals surface area contributed by atoms with Gasteiger partial charge in [0.05, 0.1) is 35.6 Å². The van der Waals surface area contributed by atoms with Crippen molar-refractivity contribution in [2.45, 2.75) is 39.3 Å². The smallest absolute Gasteiger partial charge is 0.335 e. The molecule has 0 saturated heterocycles. The highest BCUT2D eigenvalue weighted by molar-refractivity contribution is 7.80. The fourth-order valence-corrected chi connectivity index (χ4v) is 4.96. The van der Waals surface area contributed by atoms with Gasteiger partial charge in [0.25, 0.3) is 0 Å². The molecular formula is C33H33FN6O3S. The van der Waals surface area contributed by atoms with Crippen molar-refractivity contribution in [3.8, 4) is 11.8 Å². The Hall–Kier alpha value is -5.08. The Balaban J connectivity index is 1.55. The van der Waals surface area contributed by atoms with Gasteiger partial charge in [0, 0.05) is 36.7 Å². The zero-order valence-electron chi connectivity index (χ0n) is 24.4. The molecule has 0 aliphatic heterocycles. The zero-order valence-corrected chi connectivity index (χ0v) is 25.2. The minimum absolute atomic E-state index is 0.0622. The minimum Gasteiger partial charge on any atom is -0.478 e. The van der Waals surface area contributed by atoms with Crippen molar-refractivity contribution in [3.63, 3.8) is 0 Å². The molecule has 2 unspecified atom stereocenters. The van der Waals surface area contributed by atoms with E-state index in [-0.39, 0.29) is 36.4 Å². The number of carbonyl (C=O) groups is 2. The number of amides is 1. The van der Waals surface area contributed by atoms with Gasteiger partial charge in [-0.2, -0.15) is 5.26 Å². The van der Waals surface area contributed by atoms with Gasteiger partial charge < -0.3 is 25.2 Å². The number of thiocarbonyl (C=S) groups is 1. The van der Waals surface area contributed by atoms with Crippen molar-refractivity contribution in [2.75, 3.05) is 11.9 Å². The molecule has 9 nitrogen and oxygen atoms in total. The number of nitrogens with one attached hydrogen (secondary N) is 2. The van der Waals surface area contributed by atoms with Gasteiger partial charge in [0.1, 0.15) is 5.82 Å². The molecule has 1 amide bonds. The lowest BCUT2D eigenvalue weighted by molar-refractivity contribution is -0.121. The first-order valence-electron chi connectivity index (χ1n) is 14.1. The highest BCUT2D eigenvalue weighted by atomic mass is 32.1. The fourth-order valence-electron chi connectivity index (χ4n) is 4.71. The fraction of sp³-hybridized carbons (Fsp3) is 0.242. The van der Waals surface area contributed by atoms with Crippen LogP contribution in [0.3, 0.4) is 0 Å². The van der Waals surface area contributed by atoms with Crippen LogP contribution in [-0.2, 0) is 17.8 Å². The van der Waals surface area contributed by atoms with E-state index in [1.807, 2.05) is 24.8 Å². The highest BCUT2D eigenvalue weighted by Crippen LogP contribution is 2.18. The second-order valence-electron chi connectivity index (χ2n) is 10.5. The summed E-state index contributed by atoms with van der Waals surface area (Å²) in [5.41, 5.74) is 3.34. The van der Waals surface area contributed by atoms with Gasteiger partial charge in [0.15, 0.2) is 5.11 Å². The van der Waals surface area contributed by atoms with Crippen LogP contribution in [0, 0.1) is 23.1 Å². The van der Waals surface area contributed by atoms with E-state index >= 15 is 0 Å². The molecule has 11 heteroatoms. The summed E-state index contributed by atoms with van der Waals surface area (Å²) in [7, 11) is 0. The van der Waals surface area contributed by atoms with Gasteiger partial charge in [-0.25, -0.2) is 14.2 Å². The molecule has 3 N–H and O–H groups in total. The van der Waals surface area contributed by atoms with Crippen LogP contribution in [0.15, 0.2) is 85.3 Å². The Labute approximate surface area is 261 Å². The molecule has 4 rings (SSSR count). The molecule has 226 valence electrons. The Morgan fingerprint density at radius 1 is 1.14 bits per heavy atom. The quantitative estimate of drug-likeness (QED) is 0.178. The first-order chi connectivity index (χ1) is 21.2. The molecule has 1 aromatic heterocycles. The zero-order chi connectivity index (χ0) is 31.6. The Kier molecular flexibility index (Phi) is 10.8. The van der Waals surface area contributed by atoms with E-state index in [1.165, 1.54) is 18.2 Å². The summed E-state index contributed by atoms with van der Waals surface area (Å²) in [6.07, 6.45) is 4.11. The molecule has 1 heterocycles. The maximum absolute atomic E-state index is 13.9. The van der Waals surface area contributed by atoms with Crippen LogP contribution in [0.5, 0.6) is 0 Å². The van der Waals surface area contributed by atoms with Crippen LogP contribution in [0.25, 0.3) is 5.69 Å². The van der Waals surface area contributed by atoms with Crippen LogP contribution in [-0.4, -0.2) is 49.1 Å². The van der Waals surface area contributed by atoms with Crippen LogP contribution in [0.2, 0.25) is 0 Å². The van der Waals surface area contributed by atoms with Crippen molar-refractivity contribution in [1.29, 1.82) is 5.26 Å². The van der Waals surface area contributed by atoms with Crippen molar-refractivity contribution in [3.05, 3.63) is 114 Å². The lowest BCUT2D eigenvalue weighted by atomic mass is 9.98. The second-order valence-corrected chi connectivity index (χ2v) is 10.9. The van der Waals surface area contributed by atoms with Gasteiger partial charge in [0.2, 0.25) is 5.91 Å². The standard InChI is InChI=1S/C33H33FN6O3S/c1-3-22(2)30(38-31(41)16-29-18-36-21-40(29)28-12-10-23(17-35)11-13-28)20-39(19-24-6-4-7-25(14-24)32(42)43)33(44)37-27-9-5-8-26(34)15-27/h4-15,18,21-22,30H,3,16,19-20H2,1-2H3,(H,37,44)(H,38,41)(H,42,43). The van der Waals surface area contributed by atoms with E-state index < -0.39 is 11.8 Å². The number of anilines is 1. The lowest BCUT2D eigenvalue weighted by Gasteiger charge is -2.33. The highest BCUT2D eigenvalue weighted by Gasteiger charge is 2.24. The normalized spacial score (nSPS) is 12.0. The average molecular weight is 613 g/mol. The average Bonchev–Trinajstić information content (AvgIpc) is 3.47. The maximum atomic E-state index is 13.9. The predicted octanol–water partition coefficient (Wildman–Crippen LogP) is 5.55. The van der Waals surface area contributed by atoms with E-state index in [0.717, 1.165) is 12.1 Å². The number of aromatic carboxylic acids is 1. The summed E-state index contributed by atoms with van der Waals surface area (Å²) in [4.78, 5) is 31.1. The number of hydrogen-bond donors (Lipinski definition) is 3. The topological polar surface area (TPSA) is 123 Å². The number of imidazole rings is 1. The molecule has 44 heavy (non-hydrogen) atoms. The first-order valence-corrected chi connectivity index (χ1v) is 14.5. The predicted molar refractivity (Wildman–Crippen MR) is 170 cm³/mol. The van der Waals surface area contributed by atoms with E-state index in [4.69, 9.17) is 17.5 Å². The van der Waals surface area contributed by atoms with Crippen LogP contribution in [0.1, 0.15) is 47.4 Å². The molecule has 0 spiro atoms. The maximum Gasteiger partial charge on any atom is 0.335 e. The molecule has 4 aromatic rings. The molecule has 0 saturated carbocycles. The van der Waals surface area contributed by atoms with Gasteiger partial charge in [-0.3, -0.25) is 4.79 Å². The molecule has 2 atom stereocenters. The number of nitriles is 1. The molecule has 0 radical (unpaired) electrons. The van der Waals surface area contributed by atoms with E-state index in [1.54, 1.807) is 65.6 Å². The third-order valence-corrected chi connectivity index (χ3v) is 7.70.